The average Bonchev–Trinajstić information content (AvgIpc) is 3.49. The zero-order valence-corrected chi connectivity index (χ0v) is 26.5. The number of methoxy groups -OCH3 is 1. The van der Waals surface area contributed by atoms with Gasteiger partial charge in [-0.2, -0.15) is 0 Å². The predicted octanol–water partition coefficient (Wildman–Crippen LogP) is -0.993. The molecule has 15 heteroatoms. The number of aromatic nitrogens is 2. The third-order valence-corrected chi connectivity index (χ3v) is 8.34. The molecule has 0 saturated carbocycles. The van der Waals surface area contributed by atoms with Crippen LogP contribution < -0.4 is 11.1 Å². The molecule has 0 aromatic carbocycles. The van der Waals surface area contributed by atoms with Gasteiger partial charge in [-0.1, -0.05) is 32.9 Å². The van der Waals surface area contributed by atoms with Crippen molar-refractivity contribution in [3.05, 3.63) is 30.4 Å². The number of aromatic amines is 1. The fourth-order valence-corrected chi connectivity index (χ4v) is 5.60. The molecule has 1 aromatic heterocycles. The van der Waals surface area contributed by atoms with Crippen LogP contribution in [0.1, 0.15) is 59.1 Å². The van der Waals surface area contributed by atoms with Crippen LogP contribution >= 0.6 is 0 Å². The number of carbonyl (C=O) groups excluding carboxylic acids is 2. The van der Waals surface area contributed by atoms with E-state index < -0.39 is 91.1 Å². The lowest BCUT2D eigenvalue weighted by atomic mass is 9.81. The number of hydrogen-bond acceptors (Lipinski definition) is 13. The van der Waals surface area contributed by atoms with Crippen LogP contribution in [0.3, 0.4) is 0 Å². The number of hydrogen-bond donors (Lipinski definition) is 8. The molecule has 2 fully saturated rings. The van der Waals surface area contributed by atoms with E-state index in [1.807, 2.05) is 6.92 Å². The van der Waals surface area contributed by atoms with E-state index in [1.165, 1.54) is 13.4 Å². The normalized spacial score (nSPS) is 34.4. The summed E-state index contributed by atoms with van der Waals surface area (Å²) in [6, 6.07) is -2.19. The zero-order chi connectivity index (χ0) is 33.5. The molecule has 3 heterocycles. The number of aliphatic hydroxyl groups is 5. The highest BCUT2D eigenvalue weighted by molar-refractivity contribution is 5.86. The third-order valence-electron chi connectivity index (χ3n) is 8.34. The van der Waals surface area contributed by atoms with E-state index in [-0.39, 0.29) is 25.2 Å². The van der Waals surface area contributed by atoms with Crippen molar-refractivity contribution in [2.45, 2.75) is 127 Å². The number of aliphatic hydroxyl groups excluding tert-OH is 4. The van der Waals surface area contributed by atoms with Crippen molar-refractivity contribution in [3.8, 4) is 0 Å². The first-order valence-corrected chi connectivity index (χ1v) is 15.4. The Hall–Kier alpha value is -2.47. The second-order valence-corrected chi connectivity index (χ2v) is 12.3. The molecule has 1 aromatic rings. The number of amides is 1. The molecule has 0 radical (unpaired) electrons. The van der Waals surface area contributed by atoms with E-state index in [0.717, 1.165) is 0 Å². The first kappa shape index (κ1) is 37.0. The number of nitrogens with two attached hydrogens (primary N) is 1. The number of carbonyl (C=O) groups is 2. The highest BCUT2D eigenvalue weighted by atomic mass is 16.7. The van der Waals surface area contributed by atoms with Crippen molar-refractivity contribution >= 4 is 11.9 Å². The summed E-state index contributed by atoms with van der Waals surface area (Å²) in [4.78, 5) is 33.3. The Labute approximate surface area is 263 Å². The topological polar surface area (TPSA) is 239 Å². The van der Waals surface area contributed by atoms with Crippen LogP contribution in [-0.4, -0.2) is 121 Å². The van der Waals surface area contributed by atoms with E-state index in [2.05, 4.69) is 15.3 Å². The molecule has 0 spiro atoms. The summed E-state index contributed by atoms with van der Waals surface area (Å²) in [6.45, 7) is 7.02. The standard InChI is InChI=1S/C30H50N4O11/c1-6-7-8-18(44-29-26(38)24(31)25(37)16(4)43-29)10-22-23(21(36)12-30(41,45-22)11-20(35)15(2)3)27(39)34-19(28(40)42-5)9-17-13-32-14-33-17/h7-8,13-16,18-26,29,35-38,41H,6,9-12,31H2,1-5H3,(H,32,33)(H,34,39)/b8-7+/t16?,18-,19-,20+,21-,22-,23+,24?,25?,26?,29?,30+/m0/s1. The van der Waals surface area contributed by atoms with Crippen molar-refractivity contribution in [1.29, 1.82) is 0 Å². The number of allylic oxidation sites excluding steroid dienone is 1. The largest absolute Gasteiger partial charge is 0.467 e. The highest BCUT2D eigenvalue weighted by Crippen LogP contribution is 2.38. The van der Waals surface area contributed by atoms with E-state index in [4.69, 9.17) is 24.7 Å². The maximum absolute atomic E-state index is 13.8. The number of rotatable bonds is 14. The molecule has 1 amide bonds. The molecule has 2 aliphatic heterocycles. The zero-order valence-electron chi connectivity index (χ0n) is 26.5. The number of ether oxygens (including phenoxy) is 4. The molecule has 5 unspecified atom stereocenters. The molecule has 9 N–H and O–H groups in total. The van der Waals surface area contributed by atoms with Gasteiger partial charge in [0.25, 0.3) is 0 Å². The van der Waals surface area contributed by atoms with Gasteiger partial charge >= 0.3 is 5.97 Å². The second kappa shape index (κ2) is 16.4. The quantitative estimate of drug-likeness (QED) is 0.0899. The maximum atomic E-state index is 13.8. The number of nitrogens with zero attached hydrogens (tertiary/aromatic N) is 1. The molecule has 0 aliphatic carbocycles. The number of nitrogens with one attached hydrogen (secondary N) is 2. The Morgan fingerprint density at radius 1 is 1.29 bits per heavy atom. The van der Waals surface area contributed by atoms with Crippen molar-refractivity contribution in [2.75, 3.05) is 7.11 Å². The van der Waals surface area contributed by atoms with Crippen molar-refractivity contribution in [2.24, 2.45) is 17.6 Å². The van der Waals surface area contributed by atoms with Gasteiger partial charge in [-0.25, -0.2) is 9.78 Å². The van der Waals surface area contributed by atoms with Crippen molar-refractivity contribution in [3.63, 3.8) is 0 Å². The average molecular weight is 643 g/mol. The summed E-state index contributed by atoms with van der Waals surface area (Å²) >= 11 is 0. The lowest BCUT2D eigenvalue weighted by Crippen LogP contribution is -2.62. The van der Waals surface area contributed by atoms with Crippen LogP contribution in [0.4, 0.5) is 0 Å². The molecular weight excluding hydrogens is 592 g/mol. The van der Waals surface area contributed by atoms with Gasteiger partial charge in [0.1, 0.15) is 12.1 Å². The van der Waals surface area contributed by atoms with Crippen molar-refractivity contribution in [1.82, 2.24) is 15.3 Å². The van der Waals surface area contributed by atoms with Gasteiger partial charge in [-0.15, -0.1) is 0 Å². The number of esters is 1. The van der Waals surface area contributed by atoms with E-state index in [9.17, 15) is 35.1 Å². The summed E-state index contributed by atoms with van der Waals surface area (Å²) in [7, 11) is 1.18. The summed E-state index contributed by atoms with van der Waals surface area (Å²) in [5.74, 6) is -4.99. The predicted molar refractivity (Wildman–Crippen MR) is 159 cm³/mol. The summed E-state index contributed by atoms with van der Waals surface area (Å²) in [5, 5.41) is 56.9. The Balaban J connectivity index is 1.91. The van der Waals surface area contributed by atoms with E-state index in [1.54, 1.807) is 39.1 Å². The monoisotopic (exact) mass is 642 g/mol. The van der Waals surface area contributed by atoms with Gasteiger partial charge in [0.15, 0.2) is 12.1 Å². The summed E-state index contributed by atoms with van der Waals surface area (Å²) in [5.41, 5.74) is 6.48. The minimum atomic E-state index is -2.00. The third kappa shape index (κ3) is 9.76. The molecule has 0 bridgehead atoms. The summed E-state index contributed by atoms with van der Waals surface area (Å²) < 4.78 is 22.8. The smallest absolute Gasteiger partial charge is 0.328 e. The fourth-order valence-electron chi connectivity index (χ4n) is 5.60. The lowest BCUT2D eigenvalue weighted by Gasteiger charge is -2.46. The molecule has 256 valence electrons. The van der Waals surface area contributed by atoms with Gasteiger partial charge in [-0.05, 0) is 19.3 Å². The molecule has 2 saturated heterocycles. The molecular formula is C30H50N4O11. The van der Waals surface area contributed by atoms with Crippen LogP contribution in [0.25, 0.3) is 0 Å². The van der Waals surface area contributed by atoms with Gasteiger partial charge in [0.2, 0.25) is 5.91 Å². The van der Waals surface area contributed by atoms with Crippen LogP contribution in [0.15, 0.2) is 24.7 Å². The molecule has 45 heavy (non-hydrogen) atoms. The van der Waals surface area contributed by atoms with Gasteiger partial charge in [-0.3, -0.25) is 4.79 Å². The Morgan fingerprint density at radius 2 is 2.00 bits per heavy atom. The minimum absolute atomic E-state index is 0.00689. The van der Waals surface area contributed by atoms with Crippen molar-refractivity contribution < 1.29 is 54.1 Å². The highest BCUT2D eigenvalue weighted by Gasteiger charge is 2.51. The first-order valence-electron chi connectivity index (χ1n) is 15.4. The van der Waals surface area contributed by atoms with Crippen LogP contribution in [-0.2, 0) is 35.0 Å². The molecule has 15 nitrogen and oxygen atoms in total. The SMILES string of the molecule is CC/C=C/[C@@H](C[C@@H]1O[C@](O)(C[C@@H](O)C(C)C)C[C@H](O)[C@H]1C(=O)N[C@@H](Cc1c[nH]cn1)C(=O)OC)OC1OC(C)C(O)C(N)C1O. The van der Waals surface area contributed by atoms with Crippen LogP contribution in [0.5, 0.6) is 0 Å². The summed E-state index contributed by atoms with van der Waals surface area (Å²) in [6.07, 6.45) is -2.68. The van der Waals surface area contributed by atoms with E-state index in [0.29, 0.717) is 12.1 Å². The maximum Gasteiger partial charge on any atom is 0.328 e. The fraction of sp³-hybridized carbons (Fsp3) is 0.767. The number of imidazole rings is 1. The molecule has 12 atom stereocenters. The van der Waals surface area contributed by atoms with Crippen LogP contribution in [0.2, 0.25) is 0 Å². The Morgan fingerprint density at radius 3 is 2.60 bits per heavy atom. The first-order chi connectivity index (χ1) is 21.2. The van der Waals surface area contributed by atoms with Gasteiger partial charge < -0.3 is 60.5 Å². The number of H-pyrrole nitrogens is 1. The Kier molecular flexibility index (Phi) is 13.5. The minimum Gasteiger partial charge on any atom is -0.467 e. The second-order valence-electron chi connectivity index (χ2n) is 12.3. The van der Waals surface area contributed by atoms with Gasteiger partial charge in [0, 0.05) is 31.9 Å². The van der Waals surface area contributed by atoms with Crippen LogP contribution in [0, 0.1) is 11.8 Å². The molecule has 3 rings (SSSR count). The Bertz CT molecular complexity index is 1110. The van der Waals surface area contributed by atoms with E-state index >= 15 is 0 Å². The molecule has 2 aliphatic rings. The van der Waals surface area contributed by atoms with Gasteiger partial charge in [0.05, 0.1) is 67.7 Å². The lowest BCUT2D eigenvalue weighted by molar-refractivity contribution is -0.307.